The molecule has 0 saturated heterocycles. The topological polar surface area (TPSA) is 91.0 Å². The van der Waals surface area contributed by atoms with Crippen molar-refractivity contribution in [2.75, 3.05) is 23.0 Å². The zero-order valence-corrected chi connectivity index (χ0v) is 16.0. The van der Waals surface area contributed by atoms with Gasteiger partial charge in [-0.1, -0.05) is 23.7 Å². The predicted octanol–water partition coefficient (Wildman–Crippen LogP) is 4.47. The van der Waals surface area contributed by atoms with Crippen LogP contribution in [0, 0.1) is 0 Å². The summed E-state index contributed by atoms with van der Waals surface area (Å²) in [5.41, 5.74) is 4.68. The molecule has 0 spiro atoms. The molecule has 0 atom stereocenters. The average molecular weight is 395 g/mol. The molecule has 2 amide bonds. The Balaban J connectivity index is 1.79. The molecule has 1 aliphatic heterocycles. The maximum atomic E-state index is 11.8. The van der Waals surface area contributed by atoms with Crippen LogP contribution in [0.15, 0.2) is 48.7 Å². The molecular formula is C20H19ClN6O. The minimum atomic E-state index is -0.255. The summed E-state index contributed by atoms with van der Waals surface area (Å²) >= 11 is 6.27. The van der Waals surface area contributed by atoms with Gasteiger partial charge in [0.05, 0.1) is 6.20 Å². The van der Waals surface area contributed by atoms with Gasteiger partial charge in [-0.15, -0.1) is 0 Å². The molecule has 8 heteroatoms. The van der Waals surface area contributed by atoms with E-state index in [1.54, 1.807) is 13.2 Å². The largest absolute Gasteiger partial charge is 0.341 e. The molecule has 4 rings (SSSR count). The Bertz CT molecular complexity index is 1040. The van der Waals surface area contributed by atoms with E-state index in [1.165, 1.54) is 5.56 Å². The Hall–Kier alpha value is -3.32. The molecular weight excluding hydrogens is 376 g/mol. The number of benzene rings is 2. The first-order valence-electron chi connectivity index (χ1n) is 8.88. The third-order valence-electron chi connectivity index (χ3n) is 4.45. The van der Waals surface area contributed by atoms with Gasteiger partial charge in [-0.3, -0.25) is 0 Å². The fraction of sp³-hybridized carbons (Fsp3) is 0.150. The molecule has 1 aromatic heterocycles. The van der Waals surface area contributed by atoms with Crippen LogP contribution in [0.5, 0.6) is 0 Å². The number of hydrogen-bond acceptors (Lipinski definition) is 5. The predicted molar refractivity (Wildman–Crippen MR) is 112 cm³/mol. The number of carbonyl (C=O) groups excluding carboxylic acids is 1. The van der Waals surface area contributed by atoms with Gasteiger partial charge in [-0.25, -0.2) is 9.78 Å². The lowest BCUT2D eigenvalue weighted by molar-refractivity contribution is 0.254. The van der Waals surface area contributed by atoms with Gasteiger partial charge in [-0.2, -0.15) is 4.98 Å². The SMILES string of the molecule is CNC(=O)Nc1ccc2cc1CCc1cccc(c1)Nc1ncc(Cl)c(n1)N2. The van der Waals surface area contributed by atoms with Gasteiger partial charge in [0.2, 0.25) is 5.95 Å². The second-order valence-electron chi connectivity index (χ2n) is 6.42. The number of hydrogen-bond donors (Lipinski definition) is 4. The van der Waals surface area contributed by atoms with Crippen molar-refractivity contribution in [3.8, 4) is 0 Å². The van der Waals surface area contributed by atoms with E-state index in [4.69, 9.17) is 11.6 Å². The number of aryl methyl sites for hydroxylation is 2. The smallest absolute Gasteiger partial charge is 0.318 e. The Kier molecular flexibility index (Phi) is 4.99. The van der Waals surface area contributed by atoms with Gasteiger partial charge in [0.15, 0.2) is 5.82 Å². The maximum Gasteiger partial charge on any atom is 0.318 e. The zero-order valence-electron chi connectivity index (χ0n) is 15.2. The van der Waals surface area contributed by atoms with Crippen LogP contribution in [0.3, 0.4) is 0 Å². The van der Waals surface area contributed by atoms with E-state index < -0.39 is 0 Å². The highest BCUT2D eigenvalue weighted by Gasteiger charge is 2.12. The Morgan fingerprint density at radius 1 is 1.11 bits per heavy atom. The normalized spacial score (nSPS) is 12.4. The highest BCUT2D eigenvalue weighted by atomic mass is 35.5. The van der Waals surface area contributed by atoms with Crippen molar-refractivity contribution >= 4 is 46.5 Å². The summed E-state index contributed by atoms with van der Waals surface area (Å²) in [7, 11) is 1.59. The first-order chi connectivity index (χ1) is 13.6. The number of rotatable bonds is 1. The first-order valence-corrected chi connectivity index (χ1v) is 9.26. The van der Waals surface area contributed by atoms with Crippen LogP contribution in [-0.4, -0.2) is 23.0 Å². The fourth-order valence-electron chi connectivity index (χ4n) is 3.05. The second kappa shape index (κ2) is 7.74. The Morgan fingerprint density at radius 3 is 2.82 bits per heavy atom. The standard InChI is InChI=1S/C20H19ClN6O/c1-22-20(28)26-17-8-7-15-10-13(17)6-5-12-3-2-4-14(9-12)25-19-23-11-16(21)18(24-15)27-19/h2-4,7-11H,5-6H2,1H3,(H2,22,26,28)(H2,23,24,25,27). The average Bonchev–Trinajstić information content (AvgIpc) is 2.70. The molecule has 4 N–H and O–H groups in total. The number of fused-ring (bicyclic) bond motifs is 6. The summed E-state index contributed by atoms with van der Waals surface area (Å²) in [4.78, 5) is 20.5. The lowest BCUT2D eigenvalue weighted by atomic mass is 10.0. The number of urea groups is 1. The van der Waals surface area contributed by atoms with E-state index in [1.807, 2.05) is 30.3 Å². The molecule has 2 heterocycles. The fourth-order valence-corrected chi connectivity index (χ4v) is 3.19. The summed E-state index contributed by atoms with van der Waals surface area (Å²) in [5, 5.41) is 12.3. The van der Waals surface area contributed by atoms with Gasteiger partial charge in [0.1, 0.15) is 5.02 Å². The van der Waals surface area contributed by atoms with Gasteiger partial charge in [0, 0.05) is 24.1 Å². The van der Waals surface area contributed by atoms with Gasteiger partial charge >= 0.3 is 6.03 Å². The van der Waals surface area contributed by atoms with Crippen molar-refractivity contribution in [2.24, 2.45) is 0 Å². The van der Waals surface area contributed by atoms with E-state index in [-0.39, 0.29) is 6.03 Å². The van der Waals surface area contributed by atoms with Gasteiger partial charge in [-0.05, 0) is 54.3 Å². The van der Waals surface area contributed by atoms with E-state index >= 15 is 0 Å². The van der Waals surface area contributed by atoms with Gasteiger partial charge < -0.3 is 21.3 Å². The minimum Gasteiger partial charge on any atom is -0.341 e. The van der Waals surface area contributed by atoms with E-state index in [9.17, 15) is 4.79 Å². The monoisotopic (exact) mass is 394 g/mol. The second-order valence-corrected chi connectivity index (χ2v) is 6.82. The van der Waals surface area contributed by atoms with Crippen LogP contribution >= 0.6 is 11.6 Å². The number of aromatic nitrogens is 2. The summed E-state index contributed by atoms with van der Waals surface area (Å²) in [5.74, 6) is 0.967. The quantitative estimate of drug-likeness (QED) is 0.489. The maximum absolute atomic E-state index is 11.8. The summed E-state index contributed by atoms with van der Waals surface area (Å²) in [6.07, 6.45) is 3.14. The first kappa shape index (κ1) is 18.1. The Labute approximate surface area is 167 Å². The molecule has 6 bridgehead atoms. The van der Waals surface area contributed by atoms with Crippen molar-refractivity contribution in [1.82, 2.24) is 15.3 Å². The van der Waals surface area contributed by atoms with Crippen LogP contribution in [0.25, 0.3) is 0 Å². The van der Waals surface area contributed by atoms with E-state index in [2.05, 4.69) is 43.4 Å². The van der Waals surface area contributed by atoms with Crippen LogP contribution < -0.4 is 21.3 Å². The van der Waals surface area contributed by atoms with Crippen LogP contribution in [0.2, 0.25) is 5.02 Å². The van der Waals surface area contributed by atoms with Crippen molar-refractivity contribution in [2.45, 2.75) is 12.8 Å². The number of amides is 2. The molecule has 7 nitrogen and oxygen atoms in total. The molecule has 28 heavy (non-hydrogen) atoms. The van der Waals surface area contributed by atoms with Gasteiger partial charge in [0.25, 0.3) is 0 Å². The molecule has 0 saturated carbocycles. The van der Waals surface area contributed by atoms with E-state index in [0.717, 1.165) is 35.5 Å². The Morgan fingerprint density at radius 2 is 1.96 bits per heavy atom. The number of nitrogens with zero attached hydrogens (tertiary/aromatic N) is 2. The number of carbonyl (C=O) groups is 1. The number of anilines is 5. The van der Waals surface area contributed by atoms with Crippen molar-refractivity contribution in [3.05, 3.63) is 64.8 Å². The van der Waals surface area contributed by atoms with Crippen molar-refractivity contribution in [1.29, 1.82) is 0 Å². The van der Waals surface area contributed by atoms with Crippen molar-refractivity contribution in [3.63, 3.8) is 0 Å². The molecule has 3 aromatic rings. The summed E-state index contributed by atoms with van der Waals surface area (Å²) in [6.45, 7) is 0. The zero-order chi connectivity index (χ0) is 19.5. The van der Waals surface area contributed by atoms with Crippen LogP contribution in [0.1, 0.15) is 11.1 Å². The van der Waals surface area contributed by atoms with Crippen molar-refractivity contribution < 1.29 is 4.79 Å². The lowest BCUT2D eigenvalue weighted by Crippen LogP contribution is -2.25. The highest BCUT2D eigenvalue weighted by Crippen LogP contribution is 2.29. The molecule has 0 radical (unpaired) electrons. The molecule has 142 valence electrons. The number of nitrogens with one attached hydrogen (secondary N) is 4. The lowest BCUT2D eigenvalue weighted by Gasteiger charge is -2.14. The minimum absolute atomic E-state index is 0.255. The third-order valence-corrected chi connectivity index (χ3v) is 4.73. The van der Waals surface area contributed by atoms with Crippen LogP contribution in [-0.2, 0) is 12.8 Å². The van der Waals surface area contributed by atoms with E-state index in [0.29, 0.717) is 16.8 Å². The molecule has 2 aromatic carbocycles. The highest BCUT2D eigenvalue weighted by molar-refractivity contribution is 6.32. The third kappa shape index (κ3) is 3.99. The molecule has 0 fully saturated rings. The molecule has 1 aliphatic rings. The summed E-state index contributed by atoms with van der Waals surface area (Å²) in [6, 6.07) is 13.6. The van der Waals surface area contributed by atoms with Crippen LogP contribution in [0.4, 0.5) is 33.6 Å². The molecule has 0 unspecified atom stereocenters. The number of halogens is 1. The molecule has 0 aliphatic carbocycles. The summed E-state index contributed by atoms with van der Waals surface area (Å²) < 4.78 is 0.